The molecule has 2 amide bonds. The molecule has 0 N–H and O–H groups in total. The predicted octanol–water partition coefficient (Wildman–Crippen LogP) is 3.59. The number of nitriles is 1. The highest BCUT2D eigenvalue weighted by Crippen LogP contribution is 2.45. The van der Waals surface area contributed by atoms with Crippen LogP contribution in [0.4, 0.5) is 10.2 Å². The second kappa shape index (κ2) is 11.0. The molecule has 214 valence electrons. The molecule has 3 fully saturated rings. The number of fused-ring (bicyclic) bond motifs is 2. The van der Waals surface area contributed by atoms with Crippen molar-refractivity contribution in [1.29, 1.82) is 5.26 Å². The van der Waals surface area contributed by atoms with Crippen molar-refractivity contribution in [3.05, 3.63) is 53.3 Å². The van der Waals surface area contributed by atoms with E-state index in [0.717, 1.165) is 25.9 Å². The minimum Gasteiger partial charge on any atom is -0.489 e. The first-order chi connectivity index (χ1) is 19.8. The number of hydrogen-bond donors (Lipinski definition) is 0. The zero-order valence-corrected chi connectivity index (χ0v) is 23.7. The number of anilines is 1. The van der Waals surface area contributed by atoms with Crippen LogP contribution in [0.1, 0.15) is 30.1 Å². The topological polar surface area (TPSA) is 93.0 Å². The number of rotatable bonds is 4. The predicted molar refractivity (Wildman–Crippen MR) is 152 cm³/mol. The van der Waals surface area contributed by atoms with Crippen molar-refractivity contribution in [3.8, 4) is 23.1 Å². The fourth-order valence-electron chi connectivity index (χ4n) is 6.60. The van der Waals surface area contributed by atoms with Gasteiger partial charge in [0.15, 0.2) is 5.75 Å². The average Bonchev–Trinajstić information content (AvgIpc) is 3.59. The fourth-order valence-corrected chi connectivity index (χ4v) is 6.89. The van der Waals surface area contributed by atoms with Crippen LogP contribution in [-0.2, 0) is 4.79 Å². The first-order valence-corrected chi connectivity index (χ1v) is 14.4. The van der Waals surface area contributed by atoms with Crippen LogP contribution in [0.5, 0.6) is 5.75 Å². The van der Waals surface area contributed by atoms with Gasteiger partial charge in [-0.2, -0.15) is 5.26 Å². The Hall–Kier alpha value is -3.68. The highest BCUT2D eigenvalue weighted by molar-refractivity contribution is 6.35. The van der Waals surface area contributed by atoms with E-state index in [1.54, 1.807) is 28.0 Å². The second-order valence-corrected chi connectivity index (χ2v) is 11.6. The number of pyridine rings is 1. The molecular weight excluding hydrogens is 547 g/mol. The van der Waals surface area contributed by atoms with Crippen molar-refractivity contribution in [2.24, 2.45) is 5.92 Å². The van der Waals surface area contributed by atoms with Crippen LogP contribution < -0.4 is 9.64 Å². The molecule has 0 bridgehead atoms. The molecule has 4 atom stereocenters. The third-order valence-electron chi connectivity index (χ3n) is 8.81. The number of aromatic nitrogens is 1. The molecule has 1 aromatic heterocycles. The molecular formula is C30H32ClFN6O3. The third-order valence-corrected chi connectivity index (χ3v) is 9.16. The maximum Gasteiger partial charge on any atom is 0.261 e. The summed E-state index contributed by atoms with van der Waals surface area (Å²) in [4.78, 5) is 39.3. The van der Waals surface area contributed by atoms with E-state index in [2.05, 4.69) is 29.4 Å². The smallest absolute Gasteiger partial charge is 0.261 e. The third kappa shape index (κ3) is 4.81. The SMILES string of the molecule is C=CC(=O)N1CCN2C(=O)c3c(N4CC(N5CCC(C#N)C5)C[C@@H]4C)nc(-c4ccccc4F)c(Cl)c3OCC2C1. The number of ether oxygens (including phenoxy) is 1. The maximum absolute atomic E-state index is 15.1. The van der Waals surface area contributed by atoms with Gasteiger partial charge in [-0.3, -0.25) is 14.5 Å². The summed E-state index contributed by atoms with van der Waals surface area (Å²) in [6, 6.07) is 8.50. The summed E-state index contributed by atoms with van der Waals surface area (Å²) in [5, 5.41) is 9.50. The van der Waals surface area contributed by atoms with Crippen molar-refractivity contribution < 1.29 is 18.7 Å². The molecule has 2 aromatic rings. The molecule has 9 nitrogen and oxygen atoms in total. The van der Waals surface area contributed by atoms with E-state index in [1.165, 1.54) is 12.1 Å². The van der Waals surface area contributed by atoms with E-state index in [1.807, 2.05) is 0 Å². The van der Waals surface area contributed by atoms with Gasteiger partial charge in [0, 0.05) is 50.4 Å². The molecule has 0 saturated carbocycles. The minimum atomic E-state index is -0.476. The summed E-state index contributed by atoms with van der Waals surface area (Å²) in [5.41, 5.74) is 0.711. The largest absolute Gasteiger partial charge is 0.489 e. The van der Waals surface area contributed by atoms with Gasteiger partial charge in [0.1, 0.15) is 28.8 Å². The number of amides is 2. The Labute approximate surface area is 243 Å². The Morgan fingerprint density at radius 2 is 2.00 bits per heavy atom. The summed E-state index contributed by atoms with van der Waals surface area (Å²) in [6.07, 6.45) is 2.96. The zero-order chi connectivity index (χ0) is 28.8. The van der Waals surface area contributed by atoms with Crippen LogP contribution >= 0.6 is 11.6 Å². The van der Waals surface area contributed by atoms with Gasteiger partial charge >= 0.3 is 0 Å². The molecule has 41 heavy (non-hydrogen) atoms. The first kappa shape index (κ1) is 27.5. The minimum absolute atomic E-state index is 0.0236. The number of nitrogens with zero attached hydrogens (tertiary/aromatic N) is 6. The molecule has 3 saturated heterocycles. The summed E-state index contributed by atoms with van der Waals surface area (Å²) in [7, 11) is 0. The molecule has 0 spiro atoms. The number of hydrogen-bond acceptors (Lipinski definition) is 7. The molecule has 4 aliphatic rings. The lowest BCUT2D eigenvalue weighted by atomic mass is 10.1. The quantitative estimate of drug-likeness (QED) is 0.512. The number of carbonyl (C=O) groups is 2. The van der Waals surface area contributed by atoms with Gasteiger partial charge in [0.25, 0.3) is 5.91 Å². The summed E-state index contributed by atoms with van der Waals surface area (Å²) >= 11 is 6.89. The molecule has 0 aliphatic carbocycles. The van der Waals surface area contributed by atoms with Crippen LogP contribution in [0.15, 0.2) is 36.9 Å². The lowest BCUT2D eigenvalue weighted by molar-refractivity contribution is -0.128. The molecule has 0 radical (unpaired) electrons. The van der Waals surface area contributed by atoms with Gasteiger partial charge in [0.2, 0.25) is 5.91 Å². The van der Waals surface area contributed by atoms with Crippen molar-refractivity contribution in [2.75, 3.05) is 50.8 Å². The van der Waals surface area contributed by atoms with Crippen molar-refractivity contribution in [1.82, 2.24) is 19.7 Å². The summed E-state index contributed by atoms with van der Waals surface area (Å²) in [6.45, 7) is 9.01. The number of halogens is 2. The van der Waals surface area contributed by atoms with Gasteiger partial charge in [-0.05, 0) is 44.5 Å². The lowest BCUT2D eigenvalue weighted by Gasteiger charge is -2.39. The van der Waals surface area contributed by atoms with Crippen LogP contribution in [0.25, 0.3) is 11.3 Å². The van der Waals surface area contributed by atoms with Crippen LogP contribution in [-0.4, -0.2) is 95.5 Å². The highest BCUT2D eigenvalue weighted by Gasteiger charge is 2.43. The number of benzene rings is 1. The Morgan fingerprint density at radius 1 is 1.20 bits per heavy atom. The Kier molecular flexibility index (Phi) is 7.34. The fraction of sp³-hybridized carbons (Fsp3) is 0.467. The number of likely N-dealkylation sites (tertiary alicyclic amines) is 1. The van der Waals surface area contributed by atoms with Gasteiger partial charge < -0.3 is 19.4 Å². The molecule has 3 unspecified atom stereocenters. The zero-order valence-electron chi connectivity index (χ0n) is 22.9. The lowest BCUT2D eigenvalue weighted by Crippen LogP contribution is -2.57. The van der Waals surface area contributed by atoms with E-state index in [-0.39, 0.29) is 70.1 Å². The van der Waals surface area contributed by atoms with Crippen LogP contribution in [0, 0.1) is 23.1 Å². The van der Waals surface area contributed by atoms with E-state index < -0.39 is 5.82 Å². The van der Waals surface area contributed by atoms with E-state index in [0.29, 0.717) is 32.0 Å². The van der Waals surface area contributed by atoms with Gasteiger partial charge in [-0.1, -0.05) is 30.3 Å². The molecule has 6 rings (SSSR count). The van der Waals surface area contributed by atoms with Gasteiger partial charge in [0.05, 0.1) is 23.7 Å². The Balaban J connectivity index is 1.43. The molecule has 11 heteroatoms. The van der Waals surface area contributed by atoms with E-state index in [9.17, 15) is 14.9 Å². The average molecular weight is 579 g/mol. The van der Waals surface area contributed by atoms with Gasteiger partial charge in [-0.25, -0.2) is 9.37 Å². The van der Waals surface area contributed by atoms with Crippen LogP contribution in [0.3, 0.4) is 0 Å². The number of piperazine rings is 1. The normalized spacial score (nSPS) is 26.2. The van der Waals surface area contributed by atoms with Crippen LogP contribution in [0.2, 0.25) is 5.02 Å². The van der Waals surface area contributed by atoms with Crippen molar-refractivity contribution in [2.45, 2.75) is 37.9 Å². The van der Waals surface area contributed by atoms with E-state index >= 15 is 4.39 Å². The number of carbonyl (C=O) groups excluding carboxylic acids is 2. The first-order valence-electron chi connectivity index (χ1n) is 14.0. The second-order valence-electron chi connectivity index (χ2n) is 11.2. The summed E-state index contributed by atoms with van der Waals surface area (Å²) in [5.74, 6) is -0.301. The van der Waals surface area contributed by atoms with Gasteiger partial charge in [-0.15, -0.1) is 0 Å². The van der Waals surface area contributed by atoms with Crippen molar-refractivity contribution in [3.63, 3.8) is 0 Å². The molecule has 4 aliphatic heterocycles. The van der Waals surface area contributed by atoms with E-state index in [4.69, 9.17) is 21.3 Å². The Bertz CT molecular complexity index is 1450. The highest BCUT2D eigenvalue weighted by atomic mass is 35.5. The molecule has 1 aromatic carbocycles. The summed E-state index contributed by atoms with van der Waals surface area (Å²) < 4.78 is 21.3. The Morgan fingerprint density at radius 3 is 2.73 bits per heavy atom. The maximum atomic E-state index is 15.1. The van der Waals surface area contributed by atoms with Crippen molar-refractivity contribution >= 4 is 29.2 Å². The standard InChI is InChI=1S/C30H32ClFN6O3/c1-3-24(39)36-10-11-37-21(15-36)17-41-28-25(30(37)40)29(34-27(26(28)31)22-6-4-5-7-23(22)32)38-16-20(12-18(38)2)35-9-8-19(13-33)14-35/h3-7,18-21H,1,8-12,14-17H2,2H3/t18-,19?,20?,21?/m0/s1. The monoisotopic (exact) mass is 578 g/mol. The molecule has 5 heterocycles.